The summed E-state index contributed by atoms with van der Waals surface area (Å²) >= 11 is 0. The van der Waals surface area contributed by atoms with Crippen LogP contribution in [-0.2, 0) is 4.74 Å². The average Bonchev–Trinajstić information content (AvgIpc) is 2.85. The molecule has 0 saturated carbocycles. The molecule has 1 aromatic rings. The van der Waals surface area contributed by atoms with Gasteiger partial charge < -0.3 is 15.0 Å². The Morgan fingerprint density at radius 2 is 2.37 bits per heavy atom. The van der Waals surface area contributed by atoms with Gasteiger partial charge in [-0.15, -0.1) is 0 Å². The highest BCUT2D eigenvalue weighted by Crippen LogP contribution is 2.16. The fraction of sp³-hybridized carbons (Fsp3) is 0.667. The van der Waals surface area contributed by atoms with Crippen LogP contribution in [0.4, 0.5) is 5.82 Å². The van der Waals surface area contributed by atoms with Gasteiger partial charge in [-0.25, -0.2) is 4.98 Å². The third-order valence-electron chi connectivity index (χ3n) is 3.47. The Balaban J connectivity index is 1.62. The van der Waals surface area contributed by atoms with Crippen molar-refractivity contribution in [2.75, 3.05) is 38.1 Å². The molecule has 1 unspecified atom stereocenters. The van der Waals surface area contributed by atoms with E-state index in [4.69, 9.17) is 4.74 Å². The van der Waals surface area contributed by atoms with Crippen molar-refractivity contribution in [2.45, 2.75) is 26.4 Å². The van der Waals surface area contributed by atoms with Crippen molar-refractivity contribution in [1.82, 2.24) is 9.88 Å². The van der Waals surface area contributed by atoms with Crippen LogP contribution in [0.15, 0.2) is 24.4 Å². The van der Waals surface area contributed by atoms with E-state index in [-0.39, 0.29) is 0 Å². The number of ether oxygens (including phenoxy) is 1. The van der Waals surface area contributed by atoms with Crippen molar-refractivity contribution in [3.63, 3.8) is 0 Å². The molecule has 1 aliphatic heterocycles. The number of nitrogens with one attached hydrogen (secondary N) is 1. The maximum absolute atomic E-state index is 5.60. The number of hydrogen-bond acceptors (Lipinski definition) is 4. The molecule has 1 N–H and O–H groups in total. The van der Waals surface area contributed by atoms with Gasteiger partial charge in [0.25, 0.3) is 0 Å². The van der Waals surface area contributed by atoms with Gasteiger partial charge in [0.2, 0.25) is 0 Å². The summed E-state index contributed by atoms with van der Waals surface area (Å²) in [4.78, 5) is 6.78. The van der Waals surface area contributed by atoms with E-state index in [2.05, 4.69) is 29.0 Å². The minimum Gasteiger partial charge on any atom is -0.377 e. The van der Waals surface area contributed by atoms with Crippen molar-refractivity contribution in [3.05, 3.63) is 24.4 Å². The van der Waals surface area contributed by atoms with Gasteiger partial charge in [0, 0.05) is 25.8 Å². The lowest BCUT2D eigenvalue weighted by molar-refractivity contribution is 0.0630. The zero-order valence-electron chi connectivity index (χ0n) is 12.0. The SMILES string of the molecule is CC(C)OCCN1CCC(CNc2ccccn2)C1. The van der Waals surface area contributed by atoms with Crippen LogP contribution in [0.3, 0.4) is 0 Å². The normalized spacial score (nSPS) is 20.1. The van der Waals surface area contributed by atoms with E-state index in [1.807, 2.05) is 24.4 Å². The summed E-state index contributed by atoms with van der Waals surface area (Å²) in [6.45, 7) is 9.44. The van der Waals surface area contributed by atoms with Gasteiger partial charge in [-0.05, 0) is 44.9 Å². The lowest BCUT2D eigenvalue weighted by atomic mass is 10.1. The molecule has 1 aromatic heterocycles. The number of anilines is 1. The molecule has 0 spiro atoms. The Labute approximate surface area is 116 Å². The first-order valence-electron chi connectivity index (χ1n) is 7.23. The van der Waals surface area contributed by atoms with Gasteiger partial charge in [0.05, 0.1) is 12.7 Å². The van der Waals surface area contributed by atoms with Gasteiger partial charge in [0.1, 0.15) is 5.82 Å². The smallest absolute Gasteiger partial charge is 0.125 e. The van der Waals surface area contributed by atoms with Crippen molar-refractivity contribution >= 4 is 5.82 Å². The fourth-order valence-corrected chi connectivity index (χ4v) is 2.42. The second kappa shape index (κ2) is 7.46. The predicted molar refractivity (Wildman–Crippen MR) is 78.4 cm³/mol. The maximum atomic E-state index is 5.60. The van der Waals surface area contributed by atoms with Gasteiger partial charge in [0.15, 0.2) is 0 Å². The monoisotopic (exact) mass is 263 g/mol. The number of pyridine rings is 1. The molecular weight excluding hydrogens is 238 g/mol. The van der Waals surface area contributed by atoms with Crippen LogP contribution in [0.5, 0.6) is 0 Å². The van der Waals surface area contributed by atoms with E-state index in [0.29, 0.717) is 6.10 Å². The average molecular weight is 263 g/mol. The Morgan fingerprint density at radius 3 is 3.11 bits per heavy atom. The zero-order valence-corrected chi connectivity index (χ0v) is 12.0. The van der Waals surface area contributed by atoms with E-state index >= 15 is 0 Å². The van der Waals surface area contributed by atoms with E-state index in [1.54, 1.807) is 0 Å². The number of nitrogens with zero attached hydrogens (tertiary/aromatic N) is 2. The van der Waals surface area contributed by atoms with E-state index in [1.165, 1.54) is 19.5 Å². The number of hydrogen-bond donors (Lipinski definition) is 1. The highest BCUT2D eigenvalue weighted by atomic mass is 16.5. The van der Waals surface area contributed by atoms with E-state index < -0.39 is 0 Å². The molecule has 106 valence electrons. The van der Waals surface area contributed by atoms with Crippen LogP contribution in [0, 0.1) is 5.92 Å². The maximum Gasteiger partial charge on any atom is 0.125 e. The summed E-state index contributed by atoms with van der Waals surface area (Å²) in [5.74, 6) is 1.70. The molecule has 2 heterocycles. The molecule has 19 heavy (non-hydrogen) atoms. The summed E-state index contributed by atoms with van der Waals surface area (Å²) in [5.41, 5.74) is 0. The standard InChI is InChI=1S/C15H25N3O/c1-13(2)19-10-9-18-8-6-14(12-18)11-17-15-5-3-4-7-16-15/h3-5,7,13-14H,6,8-12H2,1-2H3,(H,16,17). The molecule has 0 aliphatic carbocycles. The molecule has 1 fully saturated rings. The summed E-state index contributed by atoms with van der Waals surface area (Å²) < 4.78 is 5.60. The second-order valence-corrected chi connectivity index (χ2v) is 5.47. The van der Waals surface area contributed by atoms with Crippen molar-refractivity contribution in [2.24, 2.45) is 5.92 Å². The Morgan fingerprint density at radius 1 is 1.47 bits per heavy atom. The van der Waals surface area contributed by atoms with Gasteiger partial charge in [-0.3, -0.25) is 0 Å². The van der Waals surface area contributed by atoms with Crippen LogP contribution in [-0.4, -0.2) is 48.8 Å². The van der Waals surface area contributed by atoms with Crippen molar-refractivity contribution in [3.8, 4) is 0 Å². The molecule has 1 atom stereocenters. The lowest BCUT2D eigenvalue weighted by Gasteiger charge is -2.17. The highest BCUT2D eigenvalue weighted by Gasteiger charge is 2.21. The minimum atomic E-state index is 0.337. The molecule has 4 heteroatoms. The summed E-state index contributed by atoms with van der Waals surface area (Å²) in [5, 5.41) is 3.41. The van der Waals surface area contributed by atoms with Crippen molar-refractivity contribution in [1.29, 1.82) is 0 Å². The van der Waals surface area contributed by atoms with E-state index in [9.17, 15) is 0 Å². The van der Waals surface area contributed by atoms with Crippen LogP contribution >= 0.6 is 0 Å². The van der Waals surface area contributed by atoms with Crippen molar-refractivity contribution < 1.29 is 4.74 Å². The topological polar surface area (TPSA) is 37.4 Å². The number of aromatic nitrogens is 1. The molecule has 1 aliphatic rings. The zero-order chi connectivity index (χ0) is 13.5. The number of likely N-dealkylation sites (tertiary alicyclic amines) is 1. The van der Waals surface area contributed by atoms with Gasteiger partial charge >= 0.3 is 0 Å². The van der Waals surface area contributed by atoms with Crippen LogP contribution in [0.2, 0.25) is 0 Å². The Hall–Kier alpha value is -1.13. The molecule has 2 rings (SSSR count). The fourth-order valence-electron chi connectivity index (χ4n) is 2.42. The lowest BCUT2D eigenvalue weighted by Crippen LogP contribution is -2.27. The molecule has 1 saturated heterocycles. The quantitative estimate of drug-likeness (QED) is 0.818. The largest absolute Gasteiger partial charge is 0.377 e. The van der Waals surface area contributed by atoms with Crippen LogP contribution in [0.25, 0.3) is 0 Å². The molecule has 0 amide bonds. The first-order chi connectivity index (χ1) is 9.24. The predicted octanol–water partition coefficient (Wildman–Crippen LogP) is 2.24. The van der Waals surface area contributed by atoms with Gasteiger partial charge in [-0.2, -0.15) is 0 Å². The van der Waals surface area contributed by atoms with Gasteiger partial charge in [-0.1, -0.05) is 6.07 Å². The Bertz CT molecular complexity index is 356. The summed E-state index contributed by atoms with van der Waals surface area (Å²) in [7, 11) is 0. The number of rotatable bonds is 7. The van der Waals surface area contributed by atoms with Crippen LogP contribution in [0.1, 0.15) is 20.3 Å². The molecule has 0 aromatic carbocycles. The Kier molecular flexibility index (Phi) is 5.61. The molecular formula is C15H25N3O. The highest BCUT2D eigenvalue weighted by molar-refractivity contribution is 5.33. The van der Waals surface area contributed by atoms with E-state index in [0.717, 1.165) is 31.4 Å². The first kappa shape index (κ1) is 14.3. The summed E-state index contributed by atoms with van der Waals surface area (Å²) in [6.07, 6.45) is 3.43. The minimum absolute atomic E-state index is 0.337. The molecule has 4 nitrogen and oxygen atoms in total. The third kappa shape index (κ3) is 5.17. The summed E-state index contributed by atoms with van der Waals surface area (Å²) in [6, 6.07) is 5.97. The van der Waals surface area contributed by atoms with Crippen LogP contribution < -0.4 is 5.32 Å². The molecule has 0 bridgehead atoms. The third-order valence-corrected chi connectivity index (χ3v) is 3.47. The first-order valence-corrected chi connectivity index (χ1v) is 7.23. The molecule has 0 radical (unpaired) electrons. The second-order valence-electron chi connectivity index (χ2n) is 5.47.